The Morgan fingerprint density at radius 1 is 0.875 bits per heavy atom. The second kappa shape index (κ2) is 8.60. The normalized spacial score (nSPS) is 12.4. The zero-order valence-electron chi connectivity index (χ0n) is 14.1. The van der Waals surface area contributed by atoms with Crippen molar-refractivity contribution in [3.8, 4) is 17.2 Å². The first-order valence-corrected chi connectivity index (χ1v) is 8.44. The Balaban J connectivity index is 1.29. The lowest BCUT2D eigenvalue weighted by Crippen LogP contribution is -2.00. The first-order valence-electron chi connectivity index (χ1n) is 8.44. The number of rotatable bonds is 9. The van der Waals surface area contributed by atoms with E-state index in [0.717, 1.165) is 56.1 Å². The van der Waals surface area contributed by atoms with Crippen LogP contribution in [-0.4, -0.2) is 27.1 Å². The van der Waals surface area contributed by atoms with Crippen LogP contribution in [0.2, 0.25) is 0 Å². The zero-order valence-corrected chi connectivity index (χ0v) is 14.1. The summed E-state index contributed by atoms with van der Waals surface area (Å²) in [5, 5.41) is 0. The van der Waals surface area contributed by atoms with Crippen molar-refractivity contribution in [2.24, 2.45) is 0 Å². The SMILES string of the molecule is COc1cccc(CCCOCCCc2ccc3c(c2)OCO3)c1. The van der Waals surface area contributed by atoms with Crippen LogP contribution in [0.5, 0.6) is 17.2 Å². The molecule has 0 amide bonds. The molecule has 1 heterocycles. The van der Waals surface area contributed by atoms with Crippen LogP contribution in [0.1, 0.15) is 24.0 Å². The van der Waals surface area contributed by atoms with Crippen LogP contribution in [0.25, 0.3) is 0 Å². The van der Waals surface area contributed by atoms with Crippen molar-refractivity contribution >= 4 is 0 Å². The Labute approximate surface area is 143 Å². The van der Waals surface area contributed by atoms with Crippen LogP contribution < -0.4 is 14.2 Å². The van der Waals surface area contributed by atoms with Crippen molar-refractivity contribution in [2.45, 2.75) is 25.7 Å². The van der Waals surface area contributed by atoms with Gasteiger partial charge in [-0.25, -0.2) is 0 Å². The monoisotopic (exact) mass is 328 g/mol. The van der Waals surface area contributed by atoms with E-state index in [2.05, 4.69) is 24.3 Å². The zero-order chi connectivity index (χ0) is 16.6. The third-order valence-electron chi connectivity index (χ3n) is 4.08. The van der Waals surface area contributed by atoms with Gasteiger partial charge >= 0.3 is 0 Å². The minimum Gasteiger partial charge on any atom is -0.497 e. The van der Waals surface area contributed by atoms with E-state index in [1.807, 2.05) is 18.2 Å². The fraction of sp³-hybridized carbons (Fsp3) is 0.400. The summed E-state index contributed by atoms with van der Waals surface area (Å²) >= 11 is 0. The van der Waals surface area contributed by atoms with Crippen molar-refractivity contribution in [1.29, 1.82) is 0 Å². The summed E-state index contributed by atoms with van der Waals surface area (Å²) in [7, 11) is 1.70. The number of hydrogen-bond donors (Lipinski definition) is 0. The minimum atomic E-state index is 0.329. The first-order chi connectivity index (χ1) is 11.8. The van der Waals surface area contributed by atoms with Gasteiger partial charge < -0.3 is 18.9 Å². The second-order valence-electron chi connectivity index (χ2n) is 5.86. The maximum absolute atomic E-state index is 5.74. The highest BCUT2D eigenvalue weighted by molar-refractivity contribution is 5.44. The molecular formula is C20H24O4. The molecule has 2 aromatic rings. The lowest BCUT2D eigenvalue weighted by atomic mass is 10.1. The smallest absolute Gasteiger partial charge is 0.231 e. The first kappa shape index (κ1) is 16.7. The Kier molecular flexibility index (Phi) is 5.96. The Bertz CT molecular complexity index is 654. The molecule has 3 rings (SSSR count). The van der Waals surface area contributed by atoms with Crippen LogP contribution in [-0.2, 0) is 17.6 Å². The molecule has 0 unspecified atom stereocenters. The standard InChI is InChI=1S/C20H24O4/c1-21-18-8-2-5-16(13-18)6-3-11-22-12-4-7-17-9-10-19-20(14-17)24-15-23-19/h2,5,8-10,13-14H,3-4,6-7,11-12,15H2,1H3. The van der Waals surface area contributed by atoms with Gasteiger partial charge in [-0.1, -0.05) is 18.2 Å². The highest BCUT2D eigenvalue weighted by atomic mass is 16.7. The molecule has 4 nitrogen and oxygen atoms in total. The summed E-state index contributed by atoms with van der Waals surface area (Å²) in [5.74, 6) is 2.61. The van der Waals surface area contributed by atoms with E-state index in [1.165, 1.54) is 11.1 Å². The molecule has 2 aromatic carbocycles. The van der Waals surface area contributed by atoms with E-state index >= 15 is 0 Å². The average Bonchev–Trinajstić information content (AvgIpc) is 3.09. The average molecular weight is 328 g/mol. The maximum atomic E-state index is 5.74. The number of fused-ring (bicyclic) bond motifs is 1. The van der Waals surface area contributed by atoms with Crippen LogP contribution >= 0.6 is 0 Å². The molecule has 0 saturated heterocycles. The van der Waals surface area contributed by atoms with Crippen molar-refractivity contribution in [3.05, 3.63) is 53.6 Å². The lowest BCUT2D eigenvalue weighted by Gasteiger charge is -2.06. The molecular weight excluding hydrogens is 304 g/mol. The highest BCUT2D eigenvalue weighted by Crippen LogP contribution is 2.32. The number of hydrogen-bond acceptors (Lipinski definition) is 4. The molecule has 0 radical (unpaired) electrons. The van der Waals surface area contributed by atoms with Crippen molar-refractivity contribution in [3.63, 3.8) is 0 Å². The van der Waals surface area contributed by atoms with E-state index in [0.29, 0.717) is 6.79 Å². The van der Waals surface area contributed by atoms with E-state index in [4.69, 9.17) is 18.9 Å². The van der Waals surface area contributed by atoms with Crippen LogP contribution in [0.15, 0.2) is 42.5 Å². The van der Waals surface area contributed by atoms with Gasteiger partial charge in [0.05, 0.1) is 7.11 Å². The van der Waals surface area contributed by atoms with Gasteiger partial charge in [0.15, 0.2) is 11.5 Å². The summed E-state index contributed by atoms with van der Waals surface area (Å²) in [6.07, 6.45) is 4.04. The van der Waals surface area contributed by atoms with E-state index < -0.39 is 0 Å². The van der Waals surface area contributed by atoms with Crippen molar-refractivity contribution < 1.29 is 18.9 Å². The minimum absolute atomic E-state index is 0.329. The number of benzene rings is 2. The predicted molar refractivity (Wildman–Crippen MR) is 93.0 cm³/mol. The van der Waals surface area contributed by atoms with Gasteiger partial charge in [0.1, 0.15) is 5.75 Å². The molecule has 0 aliphatic carbocycles. The van der Waals surface area contributed by atoms with Gasteiger partial charge in [-0.15, -0.1) is 0 Å². The van der Waals surface area contributed by atoms with Crippen molar-refractivity contribution in [1.82, 2.24) is 0 Å². The third-order valence-corrected chi connectivity index (χ3v) is 4.08. The summed E-state index contributed by atoms with van der Waals surface area (Å²) < 4.78 is 21.7. The van der Waals surface area contributed by atoms with E-state index in [-0.39, 0.29) is 0 Å². The molecule has 4 heteroatoms. The lowest BCUT2D eigenvalue weighted by molar-refractivity contribution is 0.130. The molecule has 0 fully saturated rings. The fourth-order valence-electron chi connectivity index (χ4n) is 2.78. The summed E-state index contributed by atoms with van der Waals surface area (Å²) in [4.78, 5) is 0. The number of aryl methyl sites for hydroxylation is 2. The molecule has 0 spiro atoms. The molecule has 0 aromatic heterocycles. The highest BCUT2D eigenvalue weighted by Gasteiger charge is 2.12. The molecule has 0 N–H and O–H groups in total. The Morgan fingerprint density at radius 3 is 2.42 bits per heavy atom. The molecule has 1 aliphatic heterocycles. The molecule has 24 heavy (non-hydrogen) atoms. The van der Waals surface area contributed by atoms with Crippen molar-refractivity contribution in [2.75, 3.05) is 27.1 Å². The molecule has 128 valence electrons. The Morgan fingerprint density at radius 2 is 1.62 bits per heavy atom. The van der Waals surface area contributed by atoms with Gasteiger partial charge in [0.2, 0.25) is 6.79 Å². The summed E-state index contributed by atoms with van der Waals surface area (Å²) in [5.41, 5.74) is 2.55. The van der Waals surface area contributed by atoms with E-state index in [9.17, 15) is 0 Å². The molecule has 1 aliphatic rings. The summed E-state index contributed by atoms with van der Waals surface area (Å²) in [6, 6.07) is 14.3. The third kappa shape index (κ3) is 4.65. The van der Waals surface area contributed by atoms with Gasteiger partial charge in [0.25, 0.3) is 0 Å². The summed E-state index contributed by atoms with van der Waals surface area (Å²) in [6.45, 7) is 1.90. The van der Waals surface area contributed by atoms with Gasteiger partial charge in [-0.05, 0) is 61.1 Å². The topological polar surface area (TPSA) is 36.9 Å². The predicted octanol–water partition coefficient (Wildman–Crippen LogP) is 4.01. The quantitative estimate of drug-likeness (QED) is 0.652. The van der Waals surface area contributed by atoms with Gasteiger partial charge in [0, 0.05) is 13.2 Å². The van der Waals surface area contributed by atoms with Crippen LogP contribution in [0.4, 0.5) is 0 Å². The van der Waals surface area contributed by atoms with Gasteiger partial charge in [-0.2, -0.15) is 0 Å². The Hall–Kier alpha value is -2.20. The number of ether oxygens (including phenoxy) is 4. The molecule has 0 bridgehead atoms. The molecule has 0 saturated carbocycles. The fourth-order valence-corrected chi connectivity index (χ4v) is 2.78. The van der Waals surface area contributed by atoms with Gasteiger partial charge in [-0.3, -0.25) is 0 Å². The maximum Gasteiger partial charge on any atom is 0.231 e. The van der Waals surface area contributed by atoms with Crippen LogP contribution in [0, 0.1) is 0 Å². The van der Waals surface area contributed by atoms with Crippen LogP contribution in [0.3, 0.4) is 0 Å². The molecule has 0 atom stereocenters. The number of methoxy groups -OCH3 is 1. The second-order valence-corrected chi connectivity index (χ2v) is 5.86. The largest absolute Gasteiger partial charge is 0.497 e. The van der Waals surface area contributed by atoms with E-state index in [1.54, 1.807) is 7.11 Å².